The third-order valence-electron chi connectivity index (χ3n) is 3.87. The van der Waals surface area contributed by atoms with Crippen LogP contribution in [0.25, 0.3) is 0 Å². The van der Waals surface area contributed by atoms with Crippen molar-refractivity contribution in [3.8, 4) is 0 Å². The fourth-order valence-electron chi connectivity index (χ4n) is 2.78. The zero-order valence-electron chi connectivity index (χ0n) is 10.8. The standard InChI is InChI=1S/C14H21NO3/c1-2-10-5-3-4-6-13(10)15-8-12-7-11(9-18-12)14(16)17/h7,9-10,13,15H,2-6,8H2,1H3,(H,16,17). The van der Waals surface area contributed by atoms with Crippen LogP contribution >= 0.6 is 0 Å². The van der Waals surface area contributed by atoms with Crippen LogP contribution in [0.2, 0.25) is 0 Å². The zero-order valence-corrected chi connectivity index (χ0v) is 10.8. The minimum absolute atomic E-state index is 0.225. The van der Waals surface area contributed by atoms with Gasteiger partial charge in [0.1, 0.15) is 12.0 Å². The van der Waals surface area contributed by atoms with Crippen molar-refractivity contribution in [1.29, 1.82) is 0 Å². The largest absolute Gasteiger partial charge is 0.478 e. The summed E-state index contributed by atoms with van der Waals surface area (Å²) in [6, 6.07) is 2.14. The molecule has 4 nitrogen and oxygen atoms in total. The molecule has 2 atom stereocenters. The zero-order chi connectivity index (χ0) is 13.0. The van der Waals surface area contributed by atoms with E-state index in [-0.39, 0.29) is 5.56 Å². The minimum atomic E-state index is -0.936. The van der Waals surface area contributed by atoms with Crippen LogP contribution in [-0.2, 0) is 6.54 Å². The van der Waals surface area contributed by atoms with Gasteiger partial charge in [-0.3, -0.25) is 0 Å². The summed E-state index contributed by atoms with van der Waals surface area (Å²) in [5, 5.41) is 12.3. The fraction of sp³-hybridized carbons (Fsp3) is 0.643. The van der Waals surface area contributed by atoms with E-state index in [1.807, 2.05) is 0 Å². The van der Waals surface area contributed by atoms with Gasteiger partial charge in [0.25, 0.3) is 0 Å². The quantitative estimate of drug-likeness (QED) is 0.844. The van der Waals surface area contributed by atoms with E-state index in [0.717, 1.165) is 5.92 Å². The second-order valence-electron chi connectivity index (χ2n) is 5.05. The van der Waals surface area contributed by atoms with Crippen molar-refractivity contribution in [2.45, 2.75) is 51.6 Å². The van der Waals surface area contributed by atoms with Gasteiger partial charge in [-0.15, -0.1) is 0 Å². The van der Waals surface area contributed by atoms with Crippen LogP contribution in [0.4, 0.5) is 0 Å². The van der Waals surface area contributed by atoms with Crippen molar-refractivity contribution in [1.82, 2.24) is 5.32 Å². The van der Waals surface area contributed by atoms with Crippen LogP contribution in [0.15, 0.2) is 16.7 Å². The molecule has 0 radical (unpaired) electrons. The summed E-state index contributed by atoms with van der Waals surface area (Å²) in [7, 11) is 0. The van der Waals surface area contributed by atoms with Crippen LogP contribution in [0.1, 0.15) is 55.1 Å². The Labute approximate surface area is 107 Å². The number of carboxylic acid groups (broad SMARTS) is 1. The maximum absolute atomic E-state index is 10.7. The van der Waals surface area contributed by atoms with Crippen molar-refractivity contribution in [3.63, 3.8) is 0 Å². The molecule has 1 aromatic heterocycles. The summed E-state index contributed by atoms with van der Waals surface area (Å²) < 4.78 is 5.24. The number of hydrogen-bond donors (Lipinski definition) is 2. The molecule has 0 spiro atoms. The molecule has 0 saturated heterocycles. The molecule has 0 aliphatic heterocycles. The maximum Gasteiger partial charge on any atom is 0.338 e. The average Bonchev–Trinajstić information content (AvgIpc) is 2.85. The van der Waals surface area contributed by atoms with Gasteiger partial charge in [0.2, 0.25) is 0 Å². The van der Waals surface area contributed by atoms with E-state index in [1.165, 1.54) is 38.4 Å². The lowest BCUT2D eigenvalue weighted by atomic mass is 9.83. The smallest absolute Gasteiger partial charge is 0.338 e. The normalized spacial score (nSPS) is 24.1. The number of nitrogens with one attached hydrogen (secondary N) is 1. The highest BCUT2D eigenvalue weighted by Crippen LogP contribution is 2.27. The molecule has 1 aromatic rings. The van der Waals surface area contributed by atoms with E-state index >= 15 is 0 Å². The molecule has 1 saturated carbocycles. The Morgan fingerprint density at radius 3 is 2.94 bits per heavy atom. The van der Waals surface area contributed by atoms with E-state index in [0.29, 0.717) is 18.3 Å². The molecule has 0 amide bonds. The summed E-state index contributed by atoms with van der Waals surface area (Å²) in [5.74, 6) is 0.509. The number of rotatable bonds is 5. The molecule has 1 aliphatic rings. The van der Waals surface area contributed by atoms with Crippen LogP contribution < -0.4 is 5.32 Å². The Morgan fingerprint density at radius 1 is 1.50 bits per heavy atom. The van der Waals surface area contributed by atoms with Gasteiger partial charge in [-0.2, -0.15) is 0 Å². The first kappa shape index (κ1) is 13.1. The number of hydrogen-bond acceptors (Lipinski definition) is 3. The van der Waals surface area contributed by atoms with E-state index in [1.54, 1.807) is 6.07 Å². The molecule has 1 fully saturated rings. The van der Waals surface area contributed by atoms with Crippen molar-refractivity contribution in [2.24, 2.45) is 5.92 Å². The van der Waals surface area contributed by atoms with Crippen LogP contribution in [0.3, 0.4) is 0 Å². The van der Waals surface area contributed by atoms with E-state index in [9.17, 15) is 4.79 Å². The Kier molecular flexibility index (Phi) is 4.42. The number of aromatic carboxylic acids is 1. The van der Waals surface area contributed by atoms with Crippen molar-refractivity contribution in [2.75, 3.05) is 0 Å². The Balaban J connectivity index is 1.87. The Hall–Kier alpha value is -1.29. The molecule has 2 rings (SSSR count). The molecular formula is C14H21NO3. The second kappa shape index (κ2) is 6.05. The SMILES string of the molecule is CCC1CCCCC1NCc1cc(C(=O)O)co1. The summed E-state index contributed by atoms with van der Waals surface area (Å²) in [6.45, 7) is 2.86. The Morgan fingerprint density at radius 2 is 2.28 bits per heavy atom. The molecule has 2 unspecified atom stereocenters. The van der Waals surface area contributed by atoms with Crippen molar-refractivity contribution < 1.29 is 14.3 Å². The summed E-state index contributed by atoms with van der Waals surface area (Å²) >= 11 is 0. The van der Waals surface area contributed by atoms with Gasteiger partial charge in [-0.05, 0) is 24.8 Å². The average molecular weight is 251 g/mol. The number of carbonyl (C=O) groups is 1. The van der Waals surface area contributed by atoms with Gasteiger partial charge < -0.3 is 14.8 Å². The van der Waals surface area contributed by atoms with E-state index < -0.39 is 5.97 Å². The summed E-state index contributed by atoms with van der Waals surface area (Å²) in [4.78, 5) is 10.7. The molecule has 2 N–H and O–H groups in total. The van der Waals surface area contributed by atoms with Crippen molar-refractivity contribution >= 4 is 5.97 Å². The highest BCUT2D eigenvalue weighted by molar-refractivity contribution is 5.87. The molecule has 0 aromatic carbocycles. The lowest BCUT2D eigenvalue weighted by molar-refractivity contribution is 0.0696. The molecule has 18 heavy (non-hydrogen) atoms. The fourth-order valence-corrected chi connectivity index (χ4v) is 2.78. The molecule has 1 aliphatic carbocycles. The third kappa shape index (κ3) is 3.13. The number of carboxylic acids is 1. The third-order valence-corrected chi connectivity index (χ3v) is 3.87. The highest BCUT2D eigenvalue weighted by atomic mass is 16.4. The predicted octanol–water partition coefficient (Wildman–Crippen LogP) is 3.04. The van der Waals surface area contributed by atoms with Gasteiger partial charge >= 0.3 is 5.97 Å². The molecule has 1 heterocycles. The highest BCUT2D eigenvalue weighted by Gasteiger charge is 2.23. The van der Waals surface area contributed by atoms with Gasteiger partial charge in [-0.25, -0.2) is 4.79 Å². The Bertz CT molecular complexity index is 399. The minimum Gasteiger partial charge on any atom is -0.478 e. The van der Waals surface area contributed by atoms with E-state index in [4.69, 9.17) is 9.52 Å². The second-order valence-corrected chi connectivity index (χ2v) is 5.05. The van der Waals surface area contributed by atoms with Crippen LogP contribution in [-0.4, -0.2) is 17.1 Å². The van der Waals surface area contributed by atoms with Crippen LogP contribution in [0, 0.1) is 5.92 Å². The first-order valence-electron chi connectivity index (χ1n) is 6.74. The summed E-state index contributed by atoms with van der Waals surface area (Å²) in [5.41, 5.74) is 0.225. The van der Waals surface area contributed by atoms with Gasteiger partial charge in [0, 0.05) is 6.04 Å². The van der Waals surface area contributed by atoms with Gasteiger partial charge in [0.15, 0.2) is 0 Å². The molecule has 100 valence electrons. The maximum atomic E-state index is 10.7. The lowest BCUT2D eigenvalue weighted by Crippen LogP contribution is -2.37. The first-order valence-corrected chi connectivity index (χ1v) is 6.74. The van der Waals surface area contributed by atoms with Gasteiger partial charge in [0.05, 0.1) is 12.1 Å². The van der Waals surface area contributed by atoms with Crippen LogP contribution in [0.5, 0.6) is 0 Å². The molecular weight excluding hydrogens is 230 g/mol. The predicted molar refractivity (Wildman–Crippen MR) is 68.5 cm³/mol. The summed E-state index contributed by atoms with van der Waals surface area (Å²) in [6.07, 6.45) is 7.64. The van der Waals surface area contributed by atoms with Crippen molar-refractivity contribution in [3.05, 3.63) is 23.7 Å². The molecule has 0 bridgehead atoms. The first-order chi connectivity index (χ1) is 8.70. The number of furan rings is 1. The molecule has 4 heteroatoms. The van der Waals surface area contributed by atoms with E-state index in [2.05, 4.69) is 12.2 Å². The lowest BCUT2D eigenvalue weighted by Gasteiger charge is -2.31. The monoisotopic (exact) mass is 251 g/mol. The van der Waals surface area contributed by atoms with Gasteiger partial charge in [-0.1, -0.05) is 26.2 Å². The topological polar surface area (TPSA) is 62.5 Å².